The number of thiophene rings is 1. The van der Waals surface area contributed by atoms with Crippen LogP contribution < -0.4 is 0 Å². The van der Waals surface area contributed by atoms with Crippen molar-refractivity contribution in [3.05, 3.63) is 152 Å². The van der Waals surface area contributed by atoms with E-state index in [9.17, 15) is 0 Å². The Morgan fingerprint density at radius 3 is 1.76 bits per heavy atom. The monoisotopic (exact) mass is 671 g/mol. The molecular formula is C45H25N3O2S. The van der Waals surface area contributed by atoms with Crippen molar-refractivity contribution in [3.63, 3.8) is 0 Å². The molecule has 238 valence electrons. The summed E-state index contributed by atoms with van der Waals surface area (Å²) < 4.78 is 15.3. The van der Waals surface area contributed by atoms with Crippen molar-refractivity contribution in [1.82, 2.24) is 15.0 Å². The molecule has 0 N–H and O–H groups in total. The number of aromatic nitrogens is 3. The third-order valence-corrected chi connectivity index (χ3v) is 10.9. The molecule has 0 fully saturated rings. The summed E-state index contributed by atoms with van der Waals surface area (Å²) in [5.74, 6) is 1.77. The Hall–Kier alpha value is -6.63. The molecule has 51 heavy (non-hydrogen) atoms. The Bertz CT molecular complexity index is 3160. The van der Waals surface area contributed by atoms with Crippen LogP contribution in [0.15, 0.2) is 160 Å². The second-order valence-corrected chi connectivity index (χ2v) is 13.8. The van der Waals surface area contributed by atoms with Crippen LogP contribution >= 0.6 is 11.3 Å². The summed E-state index contributed by atoms with van der Waals surface area (Å²) in [5.41, 5.74) is 8.26. The van der Waals surface area contributed by atoms with Crippen LogP contribution in [0.1, 0.15) is 0 Å². The van der Waals surface area contributed by atoms with Crippen molar-refractivity contribution in [2.24, 2.45) is 0 Å². The number of para-hydroxylation sites is 1. The first-order chi connectivity index (χ1) is 25.3. The molecule has 4 heterocycles. The molecule has 0 amide bonds. The number of fused-ring (bicyclic) bond motifs is 9. The van der Waals surface area contributed by atoms with E-state index in [1.807, 2.05) is 90.2 Å². The molecule has 0 aliphatic rings. The van der Waals surface area contributed by atoms with Gasteiger partial charge in [0.05, 0.1) is 0 Å². The Labute approximate surface area is 295 Å². The molecule has 0 bridgehead atoms. The highest BCUT2D eigenvalue weighted by Gasteiger charge is 2.22. The predicted octanol–water partition coefficient (Wildman–Crippen LogP) is 12.7. The molecule has 0 spiro atoms. The van der Waals surface area contributed by atoms with Crippen LogP contribution in [0, 0.1) is 0 Å². The summed E-state index contributed by atoms with van der Waals surface area (Å²) in [7, 11) is 0. The van der Waals surface area contributed by atoms with Gasteiger partial charge in [-0.15, -0.1) is 11.3 Å². The number of hydrogen-bond donors (Lipinski definition) is 0. The molecule has 5 nitrogen and oxygen atoms in total. The molecular weight excluding hydrogens is 647 g/mol. The summed E-state index contributed by atoms with van der Waals surface area (Å²) >= 11 is 1.83. The molecule has 0 aliphatic carbocycles. The summed E-state index contributed by atoms with van der Waals surface area (Å²) in [5, 5.41) is 6.62. The van der Waals surface area contributed by atoms with Crippen LogP contribution in [-0.4, -0.2) is 15.0 Å². The minimum absolute atomic E-state index is 0.582. The SMILES string of the molecule is c1ccc(-c2nc(-c3ccc4oc5ccccc5c4c3)nc(-c3cccc4oc5cccc(-c6cccc7sc8ccccc8c67)c5c34)n2)cc1. The van der Waals surface area contributed by atoms with Crippen molar-refractivity contribution in [2.75, 3.05) is 0 Å². The molecule has 11 aromatic rings. The molecule has 11 rings (SSSR count). The highest BCUT2D eigenvalue weighted by Crippen LogP contribution is 2.46. The molecule has 0 radical (unpaired) electrons. The lowest BCUT2D eigenvalue weighted by Gasteiger charge is -2.11. The van der Waals surface area contributed by atoms with Gasteiger partial charge in [0.15, 0.2) is 17.5 Å². The van der Waals surface area contributed by atoms with Gasteiger partial charge in [-0.05, 0) is 59.7 Å². The standard InChI is InChI=1S/C45H25N3O2S/c1-2-11-26(12-3-1)43-46-44(27-23-24-35-33(25-27)28-13-4-6-18-34(28)49-35)48-45(47-43)32-17-9-20-37-42(32)41-30(15-8-19-36(41)50-37)29-16-10-22-39-40(29)31-14-5-7-21-38(31)51-39/h1-25H. The summed E-state index contributed by atoms with van der Waals surface area (Å²) in [6, 6.07) is 52.0. The first-order valence-electron chi connectivity index (χ1n) is 16.9. The fraction of sp³-hybridized carbons (Fsp3) is 0. The van der Waals surface area contributed by atoms with Crippen LogP contribution in [0.2, 0.25) is 0 Å². The van der Waals surface area contributed by atoms with E-state index in [4.69, 9.17) is 23.8 Å². The zero-order valence-electron chi connectivity index (χ0n) is 27.0. The summed E-state index contributed by atoms with van der Waals surface area (Å²) in [4.78, 5) is 15.4. The number of benzene rings is 7. The molecule has 4 aromatic heterocycles. The average molecular weight is 672 g/mol. The predicted molar refractivity (Wildman–Crippen MR) is 209 cm³/mol. The van der Waals surface area contributed by atoms with E-state index in [1.54, 1.807) is 0 Å². The van der Waals surface area contributed by atoms with Gasteiger partial charge in [-0.3, -0.25) is 0 Å². The Balaban J connectivity index is 1.19. The molecule has 0 aliphatic heterocycles. The second kappa shape index (κ2) is 10.9. The lowest BCUT2D eigenvalue weighted by Crippen LogP contribution is -2.00. The van der Waals surface area contributed by atoms with Gasteiger partial charge in [0.25, 0.3) is 0 Å². The fourth-order valence-corrected chi connectivity index (χ4v) is 8.62. The van der Waals surface area contributed by atoms with E-state index < -0.39 is 0 Å². The third kappa shape index (κ3) is 4.37. The molecule has 0 saturated carbocycles. The first kappa shape index (κ1) is 28.2. The van der Waals surface area contributed by atoms with E-state index in [0.29, 0.717) is 17.5 Å². The smallest absolute Gasteiger partial charge is 0.164 e. The van der Waals surface area contributed by atoms with E-state index in [0.717, 1.165) is 66.1 Å². The number of furan rings is 2. The largest absolute Gasteiger partial charge is 0.456 e. The van der Waals surface area contributed by atoms with E-state index in [2.05, 4.69) is 72.8 Å². The van der Waals surface area contributed by atoms with Crippen LogP contribution in [0.25, 0.3) is 109 Å². The van der Waals surface area contributed by atoms with Crippen molar-refractivity contribution in [3.8, 4) is 45.3 Å². The lowest BCUT2D eigenvalue weighted by molar-refractivity contribution is 0.668. The molecule has 0 atom stereocenters. The number of nitrogens with zero attached hydrogens (tertiary/aromatic N) is 3. The minimum atomic E-state index is 0.582. The van der Waals surface area contributed by atoms with Crippen molar-refractivity contribution >= 4 is 75.4 Å². The zero-order valence-corrected chi connectivity index (χ0v) is 27.8. The van der Waals surface area contributed by atoms with Gasteiger partial charge < -0.3 is 8.83 Å². The quantitative estimate of drug-likeness (QED) is 0.186. The summed E-state index contributed by atoms with van der Waals surface area (Å²) in [6.45, 7) is 0. The van der Waals surface area contributed by atoms with Crippen LogP contribution in [-0.2, 0) is 0 Å². The van der Waals surface area contributed by atoms with Crippen LogP contribution in [0.4, 0.5) is 0 Å². The normalized spacial score (nSPS) is 11.9. The fourth-order valence-electron chi connectivity index (χ4n) is 7.48. The number of rotatable bonds is 4. The van der Waals surface area contributed by atoms with Gasteiger partial charge in [0.1, 0.15) is 22.3 Å². The Kier molecular flexibility index (Phi) is 6.05. The molecule has 0 saturated heterocycles. The van der Waals surface area contributed by atoms with E-state index in [-0.39, 0.29) is 0 Å². The highest BCUT2D eigenvalue weighted by molar-refractivity contribution is 7.25. The Morgan fingerprint density at radius 2 is 0.922 bits per heavy atom. The molecule has 7 aromatic carbocycles. The maximum atomic E-state index is 6.59. The summed E-state index contributed by atoms with van der Waals surface area (Å²) in [6.07, 6.45) is 0. The van der Waals surface area contributed by atoms with Gasteiger partial charge in [-0.25, -0.2) is 15.0 Å². The topological polar surface area (TPSA) is 65.0 Å². The number of hydrogen-bond acceptors (Lipinski definition) is 6. The zero-order chi connectivity index (χ0) is 33.5. The van der Waals surface area contributed by atoms with Gasteiger partial charge in [0.2, 0.25) is 0 Å². The second-order valence-electron chi connectivity index (χ2n) is 12.7. The van der Waals surface area contributed by atoms with Crippen molar-refractivity contribution in [1.29, 1.82) is 0 Å². The van der Waals surface area contributed by atoms with Crippen LogP contribution in [0.5, 0.6) is 0 Å². The minimum Gasteiger partial charge on any atom is -0.456 e. The molecule has 6 heteroatoms. The Morgan fingerprint density at radius 1 is 0.353 bits per heavy atom. The average Bonchev–Trinajstić information content (AvgIpc) is 3.89. The van der Waals surface area contributed by atoms with Gasteiger partial charge in [0, 0.05) is 58.4 Å². The van der Waals surface area contributed by atoms with Crippen molar-refractivity contribution < 1.29 is 8.83 Å². The first-order valence-corrected chi connectivity index (χ1v) is 17.7. The maximum absolute atomic E-state index is 6.59. The third-order valence-electron chi connectivity index (χ3n) is 9.76. The van der Waals surface area contributed by atoms with Gasteiger partial charge in [-0.1, -0.05) is 103 Å². The van der Waals surface area contributed by atoms with Gasteiger partial charge >= 0.3 is 0 Å². The van der Waals surface area contributed by atoms with Gasteiger partial charge in [-0.2, -0.15) is 0 Å². The maximum Gasteiger partial charge on any atom is 0.164 e. The lowest BCUT2D eigenvalue weighted by atomic mass is 9.94. The highest BCUT2D eigenvalue weighted by atomic mass is 32.1. The van der Waals surface area contributed by atoms with Crippen LogP contribution in [0.3, 0.4) is 0 Å². The van der Waals surface area contributed by atoms with E-state index >= 15 is 0 Å². The van der Waals surface area contributed by atoms with E-state index in [1.165, 1.54) is 25.7 Å². The van der Waals surface area contributed by atoms with Crippen molar-refractivity contribution in [2.45, 2.75) is 0 Å². The molecule has 0 unspecified atom stereocenters.